The first-order valence-electron chi connectivity index (χ1n) is 12.5. The number of carboxylic acids is 1. The molecule has 0 spiro atoms. The van der Waals surface area contributed by atoms with E-state index >= 15 is 0 Å². The number of hydrogen-bond donors (Lipinski definition) is 3. The minimum atomic E-state index is -1.16. The number of amides is 2. The van der Waals surface area contributed by atoms with Gasteiger partial charge in [-0.25, -0.2) is 14.3 Å². The maximum Gasteiger partial charge on any atom is 0.352 e. The molecule has 1 fully saturated rings. The number of hydrogen-bond acceptors (Lipinski definition) is 11. The van der Waals surface area contributed by atoms with Crippen LogP contribution in [0.1, 0.15) is 36.0 Å². The van der Waals surface area contributed by atoms with Crippen LogP contribution in [0.15, 0.2) is 21.8 Å². The lowest BCUT2D eigenvalue weighted by molar-refractivity contribution is -0.662. The Morgan fingerprint density at radius 2 is 2.15 bits per heavy atom. The van der Waals surface area contributed by atoms with Gasteiger partial charge in [-0.05, 0) is 26.2 Å². The Morgan fingerprint density at radius 1 is 1.38 bits per heavy atom. The number of nitrogens with zero attached hydrogens (tertiary/aromatic N) is 5. The number of nitrogens with two attached hydrogens (primary N) is 1. The lowest BCUT2D eigenvalue weighted by Gasteiger charge is -2.49. The smallest absolute Gasteiger partial charge is 0.352 e. The van der Waals surface area contributed by atoms with Gasteiger partial charge in [0.2, 0.25) is 0 Å². The summed E-state index contributed by atoms with van der Waals surface area (Å²) in [6.07, 6.45) is 4.50. The van der Waals surface area contributed by atoms with E-state index in [9.17, 15) is 19.5 Å². The fourth-order valence-electron chi connectivity index (χ4n) is 5.05. The molecule has 3 aliphatic rings. The van der Waals surface area contributed by atoms with E-state index in [4.69, 9.17) is 10.6 Å². The van der Waals surface area contributed by atoms with Crippen molar-refractivity contribution in [3.05, 3.63) is 32.9 Å². The summed E-state index contributed by atoms with van der Waals surface area (Å²) in [7, 11) is 4.01. The number of thiazole rings is 2. The molecule has 0 aromatic carbocycles. The Bertz CT molecular complexity index is 1380. The highest BCUT2D eigenvalue weighted by Gasteiger charge is 2.54. The van der Waals surface area contributed by atoms with Crippen molar-refractivity contribution in [1.82, 2.24) is 15.2 Å². The van der Waals surface area contributed by atoms with E-state index in [2.05, 4.69) is 32.0 Å². The molecule has 39 heavy (non-hydrogen) atoms. The number of carbonyl (C=O) groups is 3. The third-order valence-corrected chi connectivity index (χ3v) is 10.3. The Labute approximate surface area is 237 Å². The minimum absolute atomic E-state index is 0.0134. The van der Waals surface area contributed by atoms with Crippen molar-refractivity contribution >= 4 is 68.2 Å². The van der Waals surface area contributed by atoms with Crippen LogP contribution in [0, 0.1) is 0 Å². The number of rotatable bonds is 9. The van der Waals surface area contributed by atoms with E-state index in [1.165, 1.54) is 40.1 Å². The normalized spacial score (nSPS) is 20.7. The molecule has 15 heteroatoms. The number of β-lactam (4-membered cyclic amide) rings is 1. The number of carbonyl (C=O) groups excluding carboxylic acids is 2. The SMILES string of the molecule is CCO/N=C(/C(=O)N[C@@H]1C(=O)N2C(C(=O)O)=C(CN(C)c3sc4c([n+]3C)CCCC4)CS[C@H]12)c1csc(N)n1. The molecule has 4 heterocycles. The Hall–Kier alpha value is -3.17. The van der Waals surface area contributed by atoms with Gasteiger partial charge in [-0.1, -0.05) is 16.5 Å². The van der Waals surface area contributed by atoms with Crippen molar-refractivity contribution in [2.45, 2.75) is 44.0 Å². The van der Waals surface area contributed by atoms with Gasteiger partial charge in [0.15, 0.2) is 10.8 Å². The Balaban J connectivity index is 1.33. The van der Waals surface area contributed by atoms with Gasteiger partial charge in [-0.2, -0.15) is 0 Å². The fraction of sp³-hybridized carbons (Fsp3) is 0.500. The van der Waals surface area contributed by atoms with E-state index in [0.29, 0.717) is 17.9 Å². The number of anilines is 2. The molecule has 0 bridgehead atoms. The molecule has 2 atom stereocenters. The van der Waals surface area contributed by atoms with Crippen molar-refractivity contribution in [3.8, 4) is 0 Å². The van der Waals surface area contributed by atoms with Gasteiger partial charge in [-0.3, -0.25) is 19.4 Å². The minimum Gasteiger partial charge on any atom is -0.477 e. The van der Waals surface area contributed by atoms with Crippen LogP contribution in [0.25, 0.3) is 0 Å². The zero-order chi connectivity index (χ0) is 27.8. The highest BCUT2D eigenvalue weighted by Crippen LogP contribution is 2.41. The van der Waals surface area contributed by atoms with Gasteiger partial charge in [0.25, 0.3) is 11.8 Å². The molecule has 2 aromatic heterocycles. The second-order valence-corrected chi connectivity index (χ2v) is 12.5. The monoisotopic (exact) mass is 592 g/mol. The highest BCUT2D eigenvalue weighted by molar-refractivity contribution is 8.00. The number of aryl methyl sites for hydroxylation is 1. The number of likely N-dealkylation sites (N-methyl/N-ethyl adjacent to an activating group) is 1. The zero-order valence-corrected chi connectivity index (χ0v) is 24.2. The predicted molar refractivity (Wildman–Crippen MR) is 150 cm³/mol. The van der Waals surface area contributed by atoms with E-state index in [1.807, 2.05) is 7.05 Å². The summed E-state index contributed by atoms with van der Waals surface area (Å²) in [4.78, 5) is 52.5. The molecule has 1 saturated heterocycles. The summed E-state index contributed by atoms with van der Waals surface area (Å²) in [5, 5.41) is 19.0. The van der Waals surface area contributed by atoms with Crippen LogP contribution >= 0.6 is 34.4 Å². The maximum absolute atomic E-state index is 13.2. The van der Waals surface area contributed by atoms with E-state index in [1.54, 1.807) is 23.6 Å². The first kappa shape index (κ1) is 27.4. The fourth-order valence-corrected chi connectivity index (χ4v) is 8.23. The molecule has 0 saturated carbocycles. The number of fused-ring (bicyclic) bond motifs is 2. The zero-order valence-electron chi connectivity index (χ0n) is 21.8. The Morgan fingerprint density at radius 3 is 2.82 bits per heavy atom. The number of aliphatic carboxylic acids is 1. The molecule has 4 N–H and O–H groups in total. The van der Waals surface area contributed by atoms with Crippen molar-refractivity contribution in [2.24, 2.45) is 12.2 Å². The molecule has 1 aliphatic carbocycles. The first-order chi connectivity index (χ1) is 18.7. The molecular weight excluding hydrogens is 563 g/mol. The second-order valence-electron chi connectivity index (χ2n) is 9.42. The number of oxime groups is 1. The van der Waals surface area contributed by atoms with Gasteiger partial charge < -0.3 is 21.0 Å². The van der Waals surface area contributed by atoms with Crippen molar-refractivity contribution in [2.75, 3.05) is 36.6 Å². The van der Waals surface area contributed by atoms with Gasteiger partial charge in [0, 0.05) is 23.1 Å². The summed E-state index contributed by atoms with van der Waals surface area (Å²) >= 11 is 4.33. The number of carboxylic acid groups (broad SMARTS) is 1. The van der Waals surface area contributed by atoms with Crippen LogP contribution in [-0.4, -0.2) is 75.9 Å². The van der Waals surface area contributed by atoms with Crippen molar-refractivity contribution in [1.29, 1.82) is 0 Å². The topological polar surface area (TPSA) is 154 Å². The Kier molecular flexibility index (Phi) is 7.82. The van der Waals surface area contributed by atoms with Gasteiger partial charge in [0.05, 0.1) is 19.0 Å². The number of nitrogen functional groups attached to an aromatic ring is 1. The van der Waals surface area contributed by atoms with Gasteiger partial charge >= 0.3 is 11.1 Å². The third kappa shape index (κ3) is 5.10. The van der Waals surface area contributed by atoms with Gasteiger partial charge in [-0.15, -0.1) is 23.1 Å². The van der Waals surface area contributed by atoms with Crippen LogP contribution in [0.2, 0.25) is 0 Å². The largest absolute Gasteiger partial charge is 0.477 e. The lowest BCUT2D eigenvalue weighted by Crippen LogP contribution is -2.71. The summed E-state index contributed by atoms with van der Waals surface area (Å²) in [5.74, 6) is -1.87. The van der Waals surface area contributed by atoms with Gasteiger partial charge in [0.1, 0.15) is 41.7 Å². The summed E-state index contributed by atoms with van der Waals surface area (Å²) in [5.41, 5.74) is 7.84. The van der Waals surface area contributed by atoms with Crippen molar-refractivity contribution < 1.29 is 28.9 Å². The molecule has 208 valence electrons. The van der Waals surface area contributed by atoms with Crippen LogP contribution in [0.5, 0.6) is 0 Å². The summed E-state index contributed by atoms with van der Waals surface area (Å²) in [6, 6.07) is -0.902. The molecule has 12 nitrogen and oxygen atoms in total. The van der Waals surface area contributed by atoms with Crippen LogP contribution in [0.4, 0.5) is 10.3 Å². The quantitative estimate of drug-likeness (QED) is 0.168. The summed E-state index contributed by atoms with van der Waals surface area (Å²) in [6.45, 7) is 2.34. The lowest BCUT2D eigenvalue weighted by atomic mass is 10.0. The van der Waals surface area contributed by atoms with Crippen LogP contribution in [-0.2, 0) is 39.1 Å². The standard InChI is InChI=1S/C24H29N7O5S3/c1-4-36-28-16(13-11-38-23(25)26-13)19(32)27-17-20(33)31-18(22(34)35)12(10-37-21(17)31)9-29(2)24-30(3)14-7-5-6-8-15(14)39-24/h11,17,21H,4-10H2,1-3H3,(H3-,25,26,27,32,34,35)/p+1/b28-16+/t17-,21-/m1/s1. The highest BCUT2D eigenvalue weighted by atomic mass is 32.2. The van der Waals surface area contributed by atoms with E-state index in [0.717, 1.165) is 29.3 Å². The average molecular weight is 593 g/mol. The second kappa shape index (κ2) is 11.1. The van der Waals surface area contributed by atoms with Crippen LogP contribution in [0.3, 0.4) is 0 Å². The van der Waals surface area contributed by atoms with Crippen LogP contribution < -0.4 is 20.5 Å². The summed E-state index contributed by atoms with van der Waals surface area (Å²) < 4.78 is 2.20. The molecular formula is C24H30N7O5S3+. The first-order valence-corrected chi connectivity index (χ1v) is 15.3. The molecule has 0 radical (unpaired) electrons. The molecule has 2 amide bonds. The maximum atomic E-state index is 13.2. The number of nitrogens with one attached hydrogen (secondary N) is 1. The van der Waals surface area contributed by atoms with Crippen molar-refractivity contribution in [3.63, 3.8) is 0 Å². The number of aromatic nitrogens is 2. The molecule has 0 unspecified atom stereocenters. The number of thioether (sulfide) groups is 1. The average Bonchev–Trinajstić information content (AvgIpc) is 3.50. The third-order valence-electron chi connectivity index (χ3n) is 6.85. The predicted octanol–water partition coefficient (Wildman–Crippen LogP) is 1.11. The molecule has 2 aromatic rings. The molecule has 5 rings (SSSR count). The van der Waals surface area contributed by atoms with E-state index < -0.39 is 29.2 Å². The molecule has 2 aliphatic heterocycles. The van der Waals surface area contributed by atoms with E-state index in [-0.39, 0.29) is 28.8 Å².